The van der Waals surface area contributed by atoms with Gasteiger partial charge in [0, 0.05) is 19.2 Å². The van der Waals surface area contributed by atoms with Crippen LogP contribution >= 0.6 is 0 Å². The van der Waals surface area contributed by atoms with Crippen LogP contribution in [0, 0.1) is 5.92 Å². The highest BCUT2D eigenvalue weighted by Gasteiger charge is 2.14. The molecule has 1 atom stereocenters. The number of hydrogen-bond acceptors (Lipinski definition) is 3. The first kappa shape index (κ1) is 6.55. The Kier molecular flexibility index (Phi) is 2.05. The molecular formula is C6H9O3-. The number of rotatable bonds is 2. The van der Waals surface area contributed by atoms with E-state index in [4.69, 9.17) is 4.74 Å². The summed E-state index contributed by atoms with van der Waals surface area (Å²) in [6.45, 7) is 1.30. The lowest BCUT2D eigenvalue weighted by molar-refractivity contribution is -0.306. The third-order valence-electron chi connectivity index (χ3n) is 1.48. The number of carboxylic acid groups (broad SMARTS) is 1. The van der Waals surface area contributed by atoms with Crippen LogP contribution in [0.4, 0.5) is 0 Å². The van der Waals surface area contributed by atoms with Crippen molar-refractivity contribution in [3.63, 3.8) is 0 Å². The molecule has 1 heterocycles. The third kappa shape index (κ3) is 2.01. The number of carbonyl (C=O) groups excluding carboxylic acids is 1. The van der Waals surface area contributed by atoms with Gasteiger partial charge in [-0.15, -0.1) is 0 Å². The summed E-state index contributed by atoms with van der Waals surface area (Å²) >= 11 is 0. The molecule has 0 bridgehead atoms. The van der Waals surface area contributed by atoms with Crippen LogP contribution < -0.4 is 5.11 Å². The second-order valence-corrected chi connectivity index (χ2v) is 2.31. The van der Waals surface area contributed by atoms with E-state index in [-0.39, 0.29) is 12.3 Å². The first-order valence-corrected chi connectivity index (χ1v) is 3.06. The molecule has 1 rings (SSSR count). The molecule has 1 aliphatic heterocycles. The van der Waals surface area contributed by atoms with Crippen molar-refractivity contribution in [1.29, 1.82) is 0 Å². The van der Waals surface area contributed by atoms with E-state index >= 15 is 0 Å². The number of aliphatic carboxylic acids is 1. The molecule has 0 aliphatic carbocycles. The topological polar surface area (TPSA) is 49.4 Å². The van der Waals surface area contributed by atoms with Gasteiger partial charge in [0.25, 0.3) is 0 Å². The molecule has 0 N–H and O–H groups in total. The van der Waals surface area contributed by atoms with Gasteiger partial charge in [-0.1, -0.05) is 0 Å². The Bertz CT molecular complexity index is 105. The number of carbonyl (C=O) groups is 1. The zero-order valence-corrected chi connectivity index (χ0v) is 5.13. The third-order valence-corrected chi connectivity index (χ3v) is 1.48. The van der Waals surface area contributed by atoms with Gasteiger partial charge in [0.2, 0.25) is 0 Å². The molecule has 52 valence electrons. The van der Waals surface area contributed by atoms with Crippen LogP contribution in [0.15, 0.2) is 0 Å². The highest BCUT2D eigenvalue weighted by atomic mass is 16.5. The van der Waals surface area contributed by atoms with Gasteiger partial charge in [0.1, 0.15) is 0 Å². The van der Waals surface area contributed by atoms with Crippen molar-refractivity contribution in [3.05, 3.63) is 0 Å². The van der Waals surface area contributed by atoms with E-state index in [1.165, 1.54) is 0 Å². The molecule has 1 saturated heterocycles. The van der Waals surface area contributed by atoms with E-state index in [0.29, 0.717) is 13.2 Å². The molecule has 0 aromatic heterocycles. The fraction of sp³-hybridized carbons (Fsp3) is 0.833. The van der Waals surface area contributed by atoms with E-state index in [9.17, 15) is 9.90 Å². The Labute approximate surface area is 53.6 Å². The van der Waals surface area contributed by atoms with Crippen molar-refractivity contribution >= 4 is 5.97 Å². The normalized spacial score (nSPS) is 26.4. The highest BCUT2D eigenvalue weighted by molar-refractivity contribution is 5.64. The smallest absolute Gasteiger partial charge is 0.0498 e. The van der Waals surface area contributed by atoms with E-state index < -0.39 is 5.97 Å². The quantitative estimate of drug-likeness (QED) is 0.488. The van der Waals surface area contributed by atoms with Crippen molar-refractivity contribution in [1.82, 2.24) is 0 Å². The summed E-state index contributed by atoms with van der Waals surface area (Å²) in [5.41, 5.74) is 0. The largest absolute Gasteiger partial charge is 0.550 e. The Morgan fingerprint density at radius 1 is 1.78 bits per heavy atom. The predicted octanol–water partition coefficient (Wildman–Crippen LogP) is -0.837. The monoisotopic (exact) mass is 129 g/mol. The molecule has 0 spiro atoms. The minimum atomic E-state index is -0.967. The highest BCUT2D eigenvalue weighted by Crippen LogP contribution is 2.14. The Morgan fingerprint density at radius 3 is 3.00 bits per heavy atom. The summed E-state index contributed by atoms with van der Waals surface area (Å²) in [5, 5.41) is 9.99. The second kappa shape index (κ2) is 2.82. The van der Waals surface area contributed by atoms with Crippen molar-refractivity contribution in [2.24, 2.45) is 5.92 Å². The van der Waals surface area contributed by atoms with Gasteiger partial charge in [-0.3, -0.25) is 0 Å². The fourth-order valence-electron chi connectivity index (χ4n) is 0.980. The van der Waals surface area contributed by atoms with E-state index in [1.54, 1.807) is 0 Å². The summed E-state index contributed by atoms with van der Waals surface area (Å²) < 4.78 is 4.97. The molecule has 1 fully saturated rings. The van der Waals surface area contributed by atoms with Crippen LogP contribution in [0.5, 0.6) is 0 Å². The van der Waals surface area contributed by atoms with Crippen molar-refractivity contribution in [2.45, 2.75) is 12.8 Å². The van der Waals surface area contributed by atoms with Gasteiger partial charge in [0.05, 0.1) is 0 Å². The molecule has 0 aromatic carbocycles. The standard InChI is InChI=1S/C6H10O3/c7-6(8)3-5-1-2-9-4-5/h5H,1-4H2,(H,7,8)/p-1/t5-/m1/s1. The Morgan fingerprint density at radius 2 is 2.56 bits per heavy atom. The van der Waals surface area contributed by atoms with E-state index in [0.717, 1.165) is 6.42 Å². The minimum Gasteiger partial charge on any atom is -0.550 e. The average Bonchev–Trinajstić information content (AvgIpc) is 2.15. The maximum absolute atomic E-state index is 9.99. The molecule has 0 amide bonds. The lowest BCUT2D eigenvalue weighted by atomic mass is 10.1. The molecule has 0 unspecified atom stereocenters. The Balaban J connectivity index is 2.19. The van der Waals surface area contributed by atoms with Crippen LogP contribution in [-0.4, -0.2) is 19.2 Å². The molecule has 3 nitrogen and oxygen atoms in total. The minimum absolute atomic E-state index is 0.153. The number of ether oxygens (including phenoxy) is 1. The van der Waals surface area contributed by atoms with Gasteiger partial charge in [-0.05, 0) is 18.8 Å². The van der Waals surface area contributed by atoms with Gasteiger partial charge in [0.15, 0.2) is 0 Å². The van der Waals surface area contributed by atoms with Crippen LogP contribution in [-0.2, 0) is 9.53 Å². The SMILES string of the molecule is O=C([O-])C[C@H]1CCOC1. The second-order valence-electron chi connectivity index (χ2n) is 2.31. The number of hydrogen-bond donors (Lipinski definition) is 0. The molecule has 3 heteroatoms. The zero-order chi connectivity index (χ0) is 6.69. The van der Waals surface area contributed by atoms with Crippen molar-refractivity contribution < 1.29 is 14.6 Å². The first-order chi connectivity index (χ1) is 4.29. The van der Waals surface area contributed by atoms with Gasteiger partial charge in [-0.2, -0.15) is 0 Å². The number of carboxylic acids is 1. The van der Waals surface area contributed by atoms with E-state index in [1.807, 2.05) is 0 Å². The van der Waals surface area contributed by atoms with E-state index in [2.05, 4.69) is 0 Å². The van der Waals surface area contributed by atoms with Crippen molar-refractivity contribution in [2.75, 3.05) is 13.2 Å². The molecule has 9 heavy (non-hydrogen) atoms. The van der Waals surface area contributed by atoms with Gasteiger partial charge >= 0.3 is 0 Å². The summed E-state index contributed by atoms with van der Waals surface area (Å²) in [7, 11) is 0. The maximum atomic E-state index is 9.99. The zero-order valence-electron chi connectivity index (χ0n) is 5.13. The lowest BCUT2D eigenvalue weighted by Gasteiger charge is -2.05. The van der Waals surface area contributed by atoms with Crippen LogP contribution in [0.2, 0.25) is 0 Å². The van der Waals surface area contributed by atoms with Crippen LogP contribution in [0.1, 0.15) is 12.8 Å². The Hall–Kier alpha value is -0.570. The molecule has 0 radical (unpaired) electrons. The predicted molar refractivity (Wildman–Crippen MR) is 28.5 cm³/mol. The van der Waals surface area contributed by atoms with Crippen LogP contribution in [0.3, 0.4) is 0 Å². The maximum Gasteiger partial charge on any atom is 0.0498 e. The van der Waals surface area contributed by atoms with Crippen LogP contribution in [0.25, 0.3) is 0 Å². The average molecular weight is 129 g/mol. The fourth-order valence-corrected chi connectivity index (χ4v) is 0.980. The lowest BCUT2D eigenvalue weighted by Crippen LogP contribution is -2.25. The summed E-state index contributed by atoms with van der Waals surface area (Å²) in [6, 6.07) is 0. The molecular weight excluding hydrogens is 120 g/mol. The summed E-state index contributed by atoms with van der Waals surface area (Å²) in [5.74, 6) is -0.763. The van der Waals surface area contributed by atoms with Crippen molar-refractivity contribution in [3.8, 4) is 0 Å². The first-order valence-electron chi connectivity index (χ1n) is 3.06. The molecule has 0 aromatic rings. The van der Waals surface area contributed by atoms with Gasteiger partial charge in [-0.25, -0.2) is 0 Å². The summed E-state index contributed by atoms with van der Waals surface area (Å²) in [6.07, 6.45) is 1.02. The molecule has 1 aliphatic rings. The van der Waals surface area contributed by atoms with Gasteiger partial charge < -0.3 is 14.6 Å². The summed E-state index contributed by atoms with van der Waals surface area (Å²) in [4.78, 5) is 9.99. The molecule has 0 saturated carbocycles.